The molecular weight excluding hydrogens is 270 g/mol. The van der Waals surface area contributed by atoms with Gasteiger partial charge in [-0.05, 0) is 18.2 Å². The van der Waals surface area contributed by atoms with Crippen LogP contribution in [0.15, 0.2) is 48.5 Å². The predicted molar refractivity (Wildman–Crippen MR) is 77.6 cm³/mol. The van der Waals surface area contributed by atoms with Gasteiger partial charge in [-0.15, -0.1) is 0 Å². The van der Waals surface area contributed by atoms with Crippen LogP contribution in [0.25, 0.3) is 11.0 Å². The quantitative estimate of drug-likeness (QED) is 0.643. The Balaban J connectivity index is 1.97. The van der Waals surface area contributed by atoms with E-state index in [0.29, 0.717) is 22.2 Å². The molecule has 0 aliphatic rings. The molecule has 0 spiro atoms. The van der Waals surface area contributed by atoms with Crippen molar-refractivity contribution in [2.45, 2.75) is 0 Å². The molecule has 0 radical (unpaired) electrons. The van der Waals surface area contributed by atoms with E-state index in [2.05, 4.69) is 15.3 Å². The molecular formula is C15H11N3O3. The minimum atomic E-state index is -1.20. The fraction of sp³-hybridized carbons (Fsp3) is 0. The number of imidazole rings is 1. The van der Waals surface area contributed by atoms with Crippen LogP contribution in [0, 0.1) is 0 Å². The summed E-state index contributed by atoms with van der Waals surface area (Å²) in [5.41, 5.74) is 2.29. The molecule has 0 unspecified atom stereocenters. The monoisotopic (exact) mass is 281 g/mol. The Bertz CT molecular complexity index is 825. The largest absolute Gasteiger partial charge is 0.465 e. The lowest BCUT2D eigenvalue weighted by Crippen LogP contribution is -2.08. The Morgan fingerprint density at radius 2 is 1.81 bits per heavy atom. The highest BCUT2D eigenvalue weighted by molar-refractivity contribution is 6.10. The summed E-state index contributed by atoms with van der Waals surface area (Å²) >= 11 is 0. The minimum absolute atomic E-state index is 0.0974. The maximum atomic E-state index is 12.3. The number of nitrogens with zero attached hydrogens (tertiary/aromatic N) is 1. The van der Waals surface area contributed by atoms with Crippen molar-refractivity contribution in [3.05, 3.63) is 59.7 Å². The zero-order valence-electron chi connectivity index (χ0n) is 10.8. The number of carboxylic acid groups (broad SMARTS) is 1. The summed E-state index contributed by atoms with van der Waals surface area (Å²) in [4.78, 5) is 29.8. The SMILES string of the molecule is O=C(O)Nc1nc2ccc(C(=O)c3ccccc3)cc2[nH]1. The Labute approximate surface area is 119 Å². The topological polar surface area (TPSA) is 95.1 Å². The lowest BCUT2D eigenvalue weighted by atomic mass is 10.0. The van der Waals surface area contributed by atoms with E-state index in [9.17, 15) is 9.59 Å². The van der Waals surface area contributed by atoms with Crippen molar-refractivity contribution in [1.82, 2.24) is 9.97 Å². The molecule has 0 saturated heterocycles. The van der Waals surface area contributed by atoms with Crippen LogP contribution < -0.4 is 5.32 Å². The van der Waals surface area contributed by atoms with Crippen LogP contribution in [0.5, 0.6) is 0 Å². The van der Waals surface area contributed by atoms with Crippen molar-refractivity contribution in [1.29, 1.82) is 0 Å². The number of ketones is 1. The Kier molecular flexibility index (Phi) is 3.12. The summed E-state index contributed by atoms with van der Waals surface area (Å²) in [6.45, 7) is 0. The molecule has 3 rings (SSSR count). The third-order valence-electron chi connectivity index (χ3n) is 3.01. The molecule has 0 atom stereocenters. The van der Waals surface area contributed by atoms with Gasteiger partial charge in [0.25, 0.3) is 0 Å². The van der Waals surface area contributed by atoms with Crippen LogP contribution in [-0.4, -0.2) is 27.0 Å². The van der Waals surface area contributed by atoms with E-state index in [1.807, 2.05) is 6.07 Å². The Morgan fingerprint density at radius 1 is 1.05 bits per heavy atom. The van der Waals surface area contributed by atoms with Gasteiger partial charge < -0.3 is 10.1 Å². The average Bonchev–Trinajstić information content (AvgIpc) is 2.87. The van der Waals surface area contributed by atoms with Gasteiger partial charge in [-0.2, -0.15) is 0 Å². The van der Waals surface area contributed by atoms with Crippen molar-refractivity contribution in [2.75, 3.05) is 5.32 Å². The van der Waals surface area contributed by atoms with E-state index in [0.717, 1.165) is 0 Å². The van der Waals surface area contributed by atoms with Crippen molar-refractivity contribution in [3.8, 4) is 0 Å². The van der Waals surface area contributed by atoms with Gasteiger partial charge in [0, 0.05) is 11.1 Å². The molecule has 3 aromatic rings. The summed E-state index contributed by atoms with van der Waals surface area (Å²) in [5.74, 6) is 0.0293. The molecule has 0 saturated carbocycles. The van der Waals surface area contributed by atoms with Gasteiger partial charge in [-0.25, -0.2) is 9.78 Å². The molecule has 2 aromatic carbocycles. The van der Waals surface area contributed by atoms with E-state index in [1.54, 1.807) is 42.5 Å². The molecule has 21 heavy (non-hydrogen) atoms. The maximum Gasteiger partial charge on any atom is 0.411 e. The second-order valence-electron chi connectivity index (χ2n) is 4.44. The summed E-state index contributed by atoms with van der Waals surface area (Å²) in [7, 11) is 0. The summed E-state index contributed by atoms with van der Waals surface area (Å²) < 4.78 is 0. The second kappa shape index (κ2) is 5.09. The Hall–Kier alpha value is -3.15. The third kappa shape index (κ3) is 2.59. The van der Waals surface area contributed by atoms with Crippen LogP contribution in [0.1, 0.15) is 15.9 Å². The number of H-pyrrole nitrogens is 1. The lowest BCUT2D eigenvalue weighted by Gasteiger charge is -2.00. The summed E-state index contributed by atoms with van der Waals surface area (Å²) in [5, 5.41) is 10.8. The van der Waals surface area contributed by atoms with Gasteiger partial charge in [0.1, 0.15) is 0 Å². The van der Waals surface area contributed by atoms with E-state index in [4.69, 9.17) is 5.11 Å². The number of hydrogen-bond acceptors (Lipinski definition) is 3. The van der Waals surface area contributed by atoms with Gasteiger partial charge >= 0.3 is 6.09 Å². The van der Waals surface area contributed by atoms with Gasteiger partial charge in [-0.3, -0.25) is 10.1 Å². The van der Waals surface area contributed by atoms with Gasteiger partial charge in [0.05, 0.1) is 11.0 Å². The fourth-order valence-electron chi connectivity index (χ4n) is 2.07. The normalized spacial score (nSPS) is 10.5. The number of nitrogens with one attached hydrogen (secondary N) is 2. The second-order valence-corrected chi connectivity index (χ2v) is 4.44. The first-order valence-corrected chi connectivity index (χ1v) is 6.23. The van der Waals surface area contributed by atoms with Crippen LogP contribution in [0.4, 0.5) is 10.7 Å². The van der Waals surface area contributed by atoms with Crippen molar-refractivity contribution < 1.29 is 14.7 Å². The number of benzene rings is 2. The molecule has 0 aliphatic heterocycles. The number of hydrogen-bond donors (Lipinski definition) is 3. The number of rotatable bonds is 3. The molecule has 1 heterocycles. The highest BCUT2D eigenvalue weighted by Gasteiger charge is 2.11. The lowest BCUT2D eigenvalue weighted by molar-refractivity contribution is 0.103. The Morgan fingerprint density at radius 3 is 2.52 bits per heavy atom. The average molecular weight is 281 g/mol. The van der Waals surface area contributed by atoms with Crippen LogP contribution in [-0.2, 0) is 0 Å². The van der Waals surface area contributed by atoms with E-state index in [-0.39, 0.29) is 11.7 Å². The summed E-state index contributed by atoms with van der Waals surface area (Å²) in [6, 6.07) is 13.9. The highest BCUT2D eigenvalue weighted by atomic mass is 16.4. The number of aromatic nitrogens is 2. The van der Waals surface area contributed by atoms with Gasteiger partial charge in [0.15, 0.2) is 5.78 Å². The number of aromatic amines is 1. The minimum Gasteiger partial charge on any atom is -0.465 e. The van der Waals surface area contributed by atoms with Crippen LogP contribution >= 0.6 is 0 Å². The first-order chi connectivity index (χ1) is 10.1. The molecule has 1 amide bonds. The number of carbonyl (C=O) groups is 2. The zero-order chi connectivity index (χ0) is 14.8. The third-order valence-corrected chi connectivity index (χ3v) is 3.01. The van der Waals surface area contributed by atoms with Crippen LogP contribution in [0.2, 0.25) is 0 Å². The van der Waals surface area contributed by atoms with Gasteiger partial charge in [0.2, 0.25) is 5.95 Å². The summed E-state index contributed by atoms with van der Waals surface area (Å²) in [6.07, 6.45) is -1.20. The predicted octanol–water partition coefficient (Wildman–Crippen LogP) is 2.88. The highest BCUT2D eigenvalue weighted by Crippen LogP contribution is 2.18. The molecule has 0 fully saturated rings. The standard InChI is InChI=1S/C15H11N3O3/c19-13(9-4-2-1-3-5-9)10-6-7-11-12(8-10)17-14(16-11)18-15(20)21/h1-8H,(H,20,21)(H2,16,17,18). The van der Waals surface area contributed by atoms with Crippen LogP contribution in [0.3, 0.4) is 0 Å². The molecule has 0 aliphatic carbocycles. The number of carbonyl (C=O) groups excluding carboxylic acids is 1. The molecule has 3 N–H and O–H groups in total. The number of amides is 1. The first kappa shape index (κ1) is 12.9. The molecule has 1 aromatic heterocycles. The smallest absolute Gasteiger partial charge is 0.411 e. The van der Waals surface area contributed by atoms with E-state index < -0.39 is 6.09 Å². The number of anilines is 1. The van der Waals surface area contributed by atoms with Crippen molar-refractivity contribution >= 4 is 28.9 Å². The van der Waals surface area contributed by atoms with E-state index >= 15 is 0 Å². The first-order valence-electron chi connectivity index (χ1n) is 6.23. The van der Waals surface area contributed by atoms with Crippen molar-refractivity contribution in [2.24, 2.45) is 0 Å². The fourth-order valence-corrected chi connectivity index (χ4v) is 2.07. The molecule has 6 heteroatoms. The molecule has 6 nitrogen and oxygen atoms in total. The number of fused-ring (bicyclic) bond motifs is 1. The zero-order valence-corrected chi connectivity index (χ0v) is 10.8. The molecule has 0 bridgehead atoms. The van der Waals surface area contributed by atoms with Crippen molar-refractivity contribution in [3.63, 3.8) is 0 Å². The maximum absolute atomic E-state index is 12.3. The van der Waals surface area contributed by atoms with Gasteiger partial charge in [-0.1, -0.05) is 30.3 Å². The van der Waals surface area contributed by atoms with E-state index in [1.165, 1.54) is 0 Å². The molecule has 104 valence electrons.